The fraction of sp³-hybridized carbons (Fsp3) is 1.00. The van der Waals surface area contributed by atoms with E-state index in [2.05, 4.69) is 19.2 Å². The Morgan fingerprint density at radius 1 is 1.15 bits per heavy atom. The molecule has 0 aliphatic carbocycles. The fourth-order valence-electron chi connectivity index (χ4n) is 1.24. The maximum Gasteiger partial charge on any atom is 0.0469 e. The van der Waals surface area contributed by atoms with Crippen molar-refractivity contribution in [3.05, 3.63) is 0 Å². The number of unbranched alkanes of at least 4 members (excludes halogenated alkanes) is 1. The molecule has 0 aromatic heterocycles. The van der Waals surface area contributed by atoms with Gasteiger partial charge in [0.2, 0.25) is 0 Å². The molecule has 0 bridgehead atoms. The van der Waals surface area contributed by atoms with E-state index in [0.717, 1.165) is 25.7 Å². The topological polar surface area (TPSA) is 21.3 Å². The molecule has 1 N–H and O–H groups in total. The summed E-state index contributed by atoms with van der Waals surface area (Å²) >= 11 is 0. The summed E-state index contributed by atoms with van der Waals surface area (Å²) in [6.07, 6.45) is 5.11. The molecule has 0 spiro atoms. The van der Waals surface area contributed by atoms with Gasteiger partial charge in [-0.15, -0.1) is 0 Å². The predicted molar refractivity (Wildman–Crippen MR) is 58.1 cm³/mol. The van der Waals surface area contributed by atoms with E-state index in [1.807, 2.05) is 7.05 Å². The average Bonchev–Trinajstić information content (AvgIpc) is 2.20. The Bertz CT molecular complexity index is 85.3. The van der Waals surface area contributed by atoms with E-state index in [1.54, 1.807) is 0 Å². The third-order valence-electron chi connectivity index (χ3n) is 2.33. The molecular formula is C11H25NO. The van der Waals surface area contributed by atoms with E-state index in [-0.39, 0.29) is 0 Å². The first-order valence-corrected chi connectivity index (χ1v) is 5.57. The van der Waals surface area contributed by atoms with Crippen molar-refractivity contribution < 1.29 is 4.74 Å². The van der Waals surface area contributed by atoms with Gasteiger partial charge in [-0.05, 0) is 32.4 Å². The van der Waals surface area contributed by atoms with Crippen molar-refractivity contribution in [2.24, 2.45) is 5.92 Å². The van der Waals surface area contributed by atoms with Crippen LogP contribution in [-0.4, -0.2) is 26.8 Å². The van der Waals surface area contributed by atoms with Crippen LogP contribution in [0.1, 0.15) is 39.5 Å². The number of nitrogens with one attached hydrogen (secondary N) is 1. The van der Waals surface area contributed by atoms with Crippen LogP contribution in [0.4, 0.5) is 0 Å². The van der Waals surface area contributed by atoms with Crippen LogP contribution < -0.4 is 5.32 Å². The molecule has 1 rings (SSSR count). The number of hydrogen-bond acceptors (Lipinski definition) is 2. The standard InChI is InChI=1S/C7H15NO.C4H10/c1-8-6-7-2-4-9-5-3-7;1-3-4-2/h7-8H,2-6H2,1H3;3-4H2,1-2H3. The summed E-state index contributed by atoms with van der Waals surface area (Å²) in [5.41, 5.74) is 0. The summed E-state index contributed by atoms with van der Waals surface area (Å²) in [6.45, 7) is 7.45. The first-order chi connectivity index (χ1) is 6.35. The van der Waals surface area contributed by atoms with E-state index in [9.17, 15) is 0 Å². The Balaban J connectivity index is 0.000000310. The largest absolute Gasteiger partial charge is 0.381 e. The van der Waals surface area contributed by atoms with Crippen molar-refractivity contribution in [3.8, 4) is 0 Å². The Hall–Kier alpha value is -0.0800. The van der Waals surface area contributed by atoms with Crippen molar-refractivity contribution in [1.29, 1.82) is 0 Å². The molecule has 1 fully saturated rings. The lowest BCUT2D eigenvalue weighted by molar-refractivity contribution is 0.0669. The van der Waals surface area contributed by atoms with Gasteiger partial charge in [0.15, 0.2) is 0 Å². The third kappa shape index (κ3) is 8.26. The first-order valence-electron chi connectivity index (χ1n) is 5.57. The van der Waals surface area contributed by atoms with Crippen LogP contribution in [0.3, 0.4) is 0 Å². The van der Waals surface area contributed by atoms with Gasteiger partial charge < -0.3 is 10.1 Å². The van der Waals surface area contributed by atoms with Gasteiger partial charge in [-0.1, -0.05) is 26.7 Å². The Kier molecular flexibility index (Phi) is 9.94. The van der Waals surface area contributed by atoms with Gasteiger partial charge in [0.05, 0.1) is 0 Å². The minimum atomic E-state index is 0.865. The Morgan fingerprint density at radius 3 is 2.08 bits per heavy atom. The second kappa shape index (κ2) is 10.0. The maximum atomic E-state index is 5.22. The van der Waals surface area contributed by atoms with Gasteiger partial charge >= 0.3 is 0 Å². The van der Waals surface area contributed by atoms with Crippen LogP contribution >= 0.6 is 0 Å². The van der Waals surface area contributed by atoms with Crippen molar-refractivity contribution in [2.75, 3.05) is 26.8 Å². The minimum Gasteiger partial charge on any atom is -0.381 e. The molecule has 0 radical (unpaired) electrons. The van der Waals surface area contributed by atoms with Crippen LogP contribution in [0.5, 0.6) is 0 Å². The maximum absolute atomic E-state index is 5.22. The van der Waals surface area contributed by atoms with Gasteiger partial charge in [-0.25, -0.2) is 0 Å². The monoisotopic (exact) mass is 187 g/mol. The van der Waals surface area contributed by atoms with Crippen molar-refractivity contribution in [1.82, 2.24) is 5.32 Å². The smallest absolute Gasteiger partial charge is 0.0469 e. The van der Waals surface area contributed by atoms with Gasteiger partial charge in [-0.2, -0.15) is 0 Å². The normalized spacial score (nSPS) is 17.8. The Labute approximate surface area is 83.1 Å². The molecule has 0 amide bonds. The highest BCUT2D eigenvalue weighted by Crippen LogP contribution is 2.12. The van der Waals surface area contributed by atoms with E-state index in [0.29, 0.717) is 0 Å². The highest BCUT2D eigenvalue weighted by molar-refractivity contribution is 4.64. The number of rotatable bonds is 3. The average molecular weight is 187 g/mol. The van der Waals surface area contributed by atoms with Crippen LogP contribution in [0.15, 0.2) is 0 Å². The molecule has 2 nitrogen and oxygen atoms in total. The summed E-state index contributed by atoms with van der Waals surface area (Å²) in [5, 5.41) is 3.18. The van der Waals surface area contributed by atoms with E-state index in [4.69, 9.17) is 4.74 Å². The molecular weight excluding hydrogens is 162 g/mol. The SMILES string of the molecule is CCCC.CNCC1CCOCC1. The zero-order valence-electron chi connectivity index (χ0n) is 9.44. The van der Waals surface area contributed by atoms with Crippen LogP contribution in [0.2, 0.25) is 0 Å². The molecule has 1 aliphatic rings. The summed E-state index contributed by atoms with van der Waals surface area (Å²) in [6, 6.07) is 0. The molecule has 1 aliphatic heterocycles. The molecule has 80 valence electrons. The molecule has 0 unspecified atom stereocenters. The van der Waals surface area contributed by atoms with Gasteiger partial charge in [0.25, 0.3) is 0 Å². The predicted octanol–water partition coefficient (Wildman–Crippen LogP) is 2.44. The number of ether oxygens (including phenoxy) is 1. The minimum absolute atomic E-state index is 0.865. The molecule has 0 atom stereocenters. The molecule has 0 saturated carbocycles. The second-order valence-corrected chi connectivity index (χ2v) is 3.61. The van der Waals surface area contributed by atoms with Gasteiger partial charge in [0, 0.05) is 13.2 Å². The molecule has 1 saturated heterocycles. The van der Waals surface area contributed by atoms with Crippen molar-refractivity contribution >= 4 is 0 Å². The molecule has 1 heterocycles. The lowest BCUT2D eigenvalue weighted by atomic mass is 10.0. The Morgan fingerprint density at radius 2 is 1.69 bits per heavy atom. The van der Waals surface area contributed by atoms with Gasteiger partial charge in [-0.3, -0.25) is 0 Å². The summed E-state index contributed by atoms with van der Waals surface area (Å²) in [7, 11) is 2.01. The van der Waals surface area contributed by atoms with Crippen LogP contribution in [-0.2, 0) is 4.74 Å². The highest BCUT2D eigenvalue weighted by atomic mass is 16.5. The molecule has 2 heteroatoms. The summed E-state index contributed by atoms with van der Waals surface area (Å²) < 4.78 is 5.22. The zero-order valence-corrected chi connectivity index (χ0v) is 9.44. The second-order valence-electron chi connectivity index (χ2n) is 3.61. The van der Waals surface area contributed by atoms with E-state index in [1.165, 1.54) is 25.7 Å². The van der Waals surface area contributed by atoms with E-state index < -0.39 is 0 Å². The molecule has 13 heavy (non-hydrogen) atoms. The molecule has 0 aromatic carbocycles. The van der Waals surface area contributed by atoms with Crippen LogP contribution in [0.25, 0.3) is 0 Å². The lowest BCUT2D eigenvalue weighted by Gasteiger charge is -2.21. The van der Waals surface area contributed by atoms with Crippen molar-refractivity contribution in [3.63, 3.8) is 0 Å². The summed E-state index contributed by atoms with van der Waals surface area (Å²) in [4.78, 5) is 0. The van der Waals surface area contributed by atoms with E-state index >= 15 is 0 Å². The fourth-order valence-corrected chi connectivity index (χ4v) is 1.24. The molecule has 0 aromatic rings. The first kappa shape index (κ1) is 12.9. The zero-order chi connectivity index (χ0) is 9.94. The van der Waals surface area contributed by atoms with Gasteiger partial charge in [0.1, 0.15) is 0 Å². The van der Waals surface area contributed by atoms with Crippen LogP contribution in [0, 0.1) is 5.92 Å². The number of hydrogen-bond donors (Lipinski definition) is 1. The highest BCUT2D eigenvalue weighted by Gasteiger charge is 2.11. The quantitative estimate of drug-likeness (QED) is 0.732. The third-order valence-corrected chi connectivity index (χ3v) is 2.33. The summed E-state index contributed by atoms with van der Waals surface area (Å²) in [5.74, 6) is 0.865. The lowest BCUT2D eigenvalue weighted by Crippen LogP contribution is -2.25. The van der Waals surface area contributed by atoms with Crippen molar-refractivity contribution in [2.45, 2.75) is 39.5 Å².